The minimum absolute atomic E-state index is 0.0622. The van der Waals surface area contributed by atoms with Crippen LogP contribution in [0.1, 0.15) is 20.3 Å². The number of hydrogen-bond acceptors (Lipinski definition) is 1. The van der Waals surface area contributed by atoms with E-state index in [4.69, 9.17) is 0 Å². The number of carbonyl (C=O) groups excluding carboxylic acids is 1. The largest absolute Gasteiger partial charge is 0.348 e. The molecule has 0 atom stereocenters. The van der Waals surface area contributed by atoms with Crippen molar-refractivity contribution < 1.29 is 4.79 Å². The van der Waals surface area contributed by atoms with Gasteiger partial charge in [-0.05, 0) is 18.9 Å². The van der Waals surface area contributed by atoms with Gasteiger partial charge in [0.2, 0.25) is 0 Å². The van der Waals surface area contributed by atoms with Gasteiger partial charge >= 0.3 is 0 Å². The molecule has 0 aromatic heterocycles. The van der Waals surface area contributed by atoms with Gasteiger partial charge in [-0.3, -0.25) is 4.79 Å². The van der Waals surface area contributed by atoms with Crippen LogP contribution in [0.5, 0.6) is 0 Å². The molecule has 1 amide bonds. The standard InChI is InChI=1S/C9H13NO/c1-3-5-7-6-10-9(11)8(7)4-2/h4-5H,3,6H2,1-2H3,(H,10,11)/b7-5-,8-4+. The SMILES string of the molecule is C/C=C1/C(=O)NC/C1=C/CC. The Bertz CT molecular complexity index is 226. The third-order valence-corrected chi connectivity index (χ3v) is 1.77. The molecule has 0 radical (unpaired) electrons. The van der Waals surface area contributed by atoms with Gasteiger partial charge in [0.25, 0.3) is 5.91 Å². The molecule has 1 rings (SSSR count). The Kier molecular flexibility index (Phi) is 2.47. The highest BCUT2D eigenvalue weighted by Gasteiger charge is 2.19. The number of rotatable bonds is 1. The average molecular weight is 151 g/mol. The number of amides is 1. The van der Waals surface area contributed by atoms with Crippen LogP contribution in [-0.4, -0.2) is 12.5 Å². The fourth-order valence-corrected chi connectivity index (χ4v) is 1.26. The van der Waals surface area contributed by atoms with Crippen molar-refractivity contribution in [1.82, 2.24) is 5.32 Å². The number of hydrogen-bond donors (Lipinski definition) is 1. The van der Waals surface area contributed by atoms with Crippen molar-refractivity contribution in [2.24, 2.45) is 0 Å². The lowest BCUT2D eigenvalue weighted by atomic mass is 10.1. The Morgan fingerprint density at radius 2 is 2.36 bits per heavy atom. The van der Waals surface area contributed by atoms with Crippen LogP contribution in [0.3, 0.4) is 0 Å². The maximum absolute atomic E-state index is 11.1. The number of nitrogens with one attached hydrogen (secondary N) is 1. The highest BCUT2D eigenvalue weighted by molar-refractivity contribution is 6.01. The van der Waals surface area contributed by atoms with Crippen molar-refractivity contribution >= 4 is 5.91 Å². The molecule has 1 heterocycles. The molecular weight excluding hydrogens is 138 g/mol. The lowest BCUT2D eigenvalue weighted by molar-refractivity contribution is -0.116. The smallest absolute Gasteiger partial charge is 0.251 e. The van der Waals surface area contributed by atoms with Crippen LogP contribution in [-0.2, 0) is 4.79 Å². The Morgan fingerprint density at radius 3 is 2.91 bits per heavy atom. The molecule has 2 heteroatoms. The van der Waals surface area contributed by atoms with E-state index in [0.717, 1.165) is 17.6 Å². The van der Waals surface area contributed by atoms with Crippen LogP contribution < -0.4 is 5.32 Å². The van der Waals surface area contributed by atoms with Crippen LogP contribution in [0.2, 0.25) is 0 Å². The minimum Gasteiger partial charge on any atom is -0.348 e. The van der Waals surface area contributed by atoms with Gasteiger partial charge in [0.05, 0.1) is 0 Å². The molecule has 60 valence electrons. The fraction of sp³-hybridized carbons (Fsp3) is 0.444. The van der Waals surface area contributed by atoms with E-state index in [1.165, 1.54) is 0 Å². The molecule has 1 aliphatic heterocycles. The second-order valence-corrected chi connectivity index (χ2v) is 2.52. The van der Waals surface area contributed by atoms with E-state index in [0.29, 0.717) is 6.54 Å². The molecule has 0 aromatic rings. The first-order chi connectivity index (χ1) is 5.29. The quantitative estimate of drug-likeness (QED) is 0.564. The molecule has 2 nitrogen and oxygen atoms in total. The van der Waals surface area contributed by atoms with E-state index >= 15 is 0 Å². The van der Waals surface area contributed by atoms with Gasteiger partial charge in [-0.1, -0.05) is 19.1 Å². The highest BCUT2D eigenvalue weighted by atomic mass is 16.2. The summed E-state index contributed by atoms with van der Waals surface area (Å²) in [6.45, 7) is 4.67. The summed E-state index contributed by atoms with van der Waals surface area (Å²) >= 11 is 0. The third-order valence-electron chi connectivity index (χ3n) is 1.77. The maximum atomic E-state index is 11.1. The highest BCUT2D eigenvalue weighted by Crippen LogP contribution is 2.15. The summed E-state index contributed by atoms with van der Waals surface area (Å²) in [5, 5.41) is 2.78. The molecule has 1 N–H and O–H groups in total. The predicted molar refractivity (Wildman–Crippen MR) is 45.1 cm³/mol. The van der Waals surface area contributed by atoms with E-state index in [-0.39, 0.29) is 5.91 Å². The first kappa shape index (κ1) is 8.05. The Labute approximate surface area is 67.0 Å². The van der Waals surface area contributed by atoms with E-state index in [1.54, 1.807) is 0 Å². The summed E-state index contributed by atoms with van der Waals surface area (Å²) in [5.41, 5.74) is 1.98. The Balaban J connectivity index is 2.86. The molecule has 0 bridgehead atoms. The van der Waals surface area contributed by atoms with Crippen molar-refractivity contribution in [2.45, 2.75) is 20.3 Å². The van der Waals surface area contributed by atoms with Crippen molar-refractivity contribution in [3.05, 3.63) is 23.3 Å². The normalized spacial score (nSPS) is 24.7. The summed E-state index contributed by atoms with van der Waals surface area (Å²) in [6, 6.07) is 0. The maximum Gasteiger partial charge on any atom is 0.251 e. The Morgan fingerprint density at radius 1 is 1.64 bits per heavy atom. The predicted octanol–water partition coefficient (Wildman–Crippen LogP) is 1.40. The van der Waals surface area contributed by atoms with Crippen LogP contribution >= 0.6 is 0 Å². The second kappa shape index (κ2) is 3.37. The zero-order valence-corrected chi connectivity index (χ0v) is 6.98. The van der Waals surface area contributed by atoms with Crippen molar-refractivity contribution in [3.63, 3.8) is 0 Å². The summed E-state index contributed by atoms with van der Waals surface area (Å²) < 4.78 is 0. The van der Waals surface area contributed by atoms with E-state index in [1.807, 2.05) is 13.0 Å². The number of allylic oxidation sites excluding steroid dienone is 2. The van der Waals surface area contributed by atoms with E-state index in [2.05, 4.69) is 18.3 Å². The van der Waals surface area contributed by atoms with Crippen LogP contribution in [0.25, 0.3) is 0 Å². The van der Waals surface area contributed by atoms with Crippen LogP contribution in [0, 0.1) is 0 Å². The minimum atomic E-state index is 0.0622. The monoisotopic (exact) mass is 151 g/mol. The lowest BCUT2D eigenvalue weighted by Gasteiger charge is -1.93. The summed E-state index contributed by atoms with van der Waals surface area (Å²) in [7, 11) is 0. The van der Waals surface area contributed by atoms with Gasteiger partial charge in [0.1, 0.15) is 0 Å². The molecule has 0 saturated carbocycles. The second-order valence-electron chi connectivity index (χ2n) is 2.52. The average Bonchev–Trinajstić information content (AvgIpc) is 2.33. The van der Waals surface area contributed by atoms with E-state index < -0.39 is 0 Å². The molecular formula is C9H13NO. The molecule has 0 aliphatic carbocycles. The van der Waals surface area contributed by atoms with Gasteiger partial charge in [-0.25, -0.2) is 0 Å². The lowest BCUT2D eigenvalue weighted by Crippen LogP contribution is -2.13. The zero-order chi connectivity index (χ0) is 8.27. The first-order valence-electron chi connectivity index (χ1n) is 3.93. The van der Waals surface area contributed by atoms with E-state index in [9.17, 15) is 4.79 Å². The third kappa shape index (κ3) is 1.50. The van der Waals surface area contributed by atoms with Crippen molar-refractivity contribution in [2.75, 3.05) is 6.54 Å². The summed E-state index contributed by atoms with van der Waals surface area (Å²) in [6.07, 6.45) is 4.94. The molecule has 0 unspecified atom stereocenters. The Hall–Kier alpha value is -1.05. The fourth-order valence-electron chi connectivity index (χ4n) is 1.26. The van der Waals surface area contributed by atoms with Crippen molar-refractivity contribution in [1.29, 1.82) is 0 Å². The summed E-state index contributed by atoms with van der Waals surface area (Å²) in [5.74, 6) is 0.0622. The molecule has 1 saturated heterocycles. The van der Waals surface area contributed by atoms with Crippen LogP contribution in [0.15, 0.2) is 23.3 Å². The van der Waals surface area contributed by atoms with Crippen molar-refractivity contribution in [3.8, 4) is 0 Å². The van der Waals surface area contributed by atoms with Gasteiger partial charge in [0, 0.05) is 12.1 Å². The topological polar surface area (TPSA) is 29.1 Å². The molecule has 0 aromatic carbocycles. The van der Waals surface area contributed by atoms with Gasteiger partial charge in [-0.2, -0.15) is 0 Å². The molecule has 11 heavy (non-hydrogen) atoms. The summed E-state index contributed by atoms with van der Waals surface area (Å²) in [4.78, 5) is 11.1. The van der Waals surface area contributed by atoms with Gasteiger partial charge < -0.3 is 5.32 Å². The van der Waals surface area contributed by atoms with Gasteiger partial charge in [-0.15, -0.1) is 0 Å². The molecule has 1 aliphatic rings. The molecule has 0 spiro atoms. The first-order valence-corrected chi connectivity index (χ1v) is 3.93. The number of carbonyl (C=O) groups is 1. The van der Waals surface area contributed by atoms with Crippen LogP contribution in [0.4, 0.5) is 0 Å². The zero-order valence-electron chi connectivity index (χ0n) is 6.98. The van der Waals surface area contributed by atoms with Gasteiger partial charge in [0.15, 0.2) is 0 Å². The molecule has 1 fully saturated rings.